The second-order valence-electron chi connectivity index (χ2n) is 4.77. The third kappa shape index (κ3) is 3.23. The van der Waals surface area contributed by atoms with Crippen LogP contribution in [0.5, 0.6) is 0 Å². The van der Waals surface area contributed by atoms with Gasteiger partial charge in [0, 0.05) is 18.2 Å². The topological polar surface area (TPSA) is 158 Å². The number of aromatic amines is 1. The molecule has 0 fully saturated rings. The molecule has 0 amide bonds. The molecule has 1 heterocycles. The molecule has 0 saturated carbocycles. The predicted molar refractivity (Wildman–Crippen MR) is 86.6 cm³/mol. The first-order valence-corrected chi connectivity index (χ1v) is 7.41. The van der Waals surface area contributed by atoms with Crippen molar-refractivity contribution in [3.8, 4) is 0 Å². The first-order chi connectivity index (χ1) is 11.8. The summed E-state index contributed by atoms with van der Waals surface area (Å²) in [4.78, 5) is 37.9. The van der Waals surface area contributed by atoms with Gasteiger partial charge < -0.3 is 4.98 Å². The molecule has 25 heavy (non-hydrogen) atoms. The zero-order valence-corrected chi connectivity index (χ0v) is 12.9. The maximum atomic E-state index is 11.1. The number of rotatable bonds is 5. The molecule has 0 bridgehead atoms. The number of H-pyrrole nitrogens is 1. The van der Waals surface area contributed by atoms with E-state index in [1.54, 1.807) is 0 Å². The molecular weight excluding hydrogens is 354 g/mol. The molecule has 126 valence electrons. The van der Waals surface area contributed by atoms with Crippen molar-refractivity contribution in [2.24, 2.45) is 0 Å². The van der Waals surface area contributed by atoms with Crippen molar-refractivity contribution in [1.82, 2.24) is 9.97 Å². The van der Waals surface area contributed by atoms with Crippen molar-refractivity contribution in [3.05, 3.63) is 66.7 Å². The summed E-state index contributed by atoms with van der Waals surface area (Å²) in [5.74, 6) is 0. The van der Waals surface area contributed by atoms with Crippen molar-refractivity contribution in [2.75, 3.05) is 0 Å². The van der Waals surface area contributed by atoms with Gasteiger partial charge in [-0.15, -0.1) is 0 Å². The van der Waals surface area contributed by atoms with Crippen molar-refractivity contribution in [3.63, 3.8) is 0 Å². The Bertz CT molecular complexity index is 1030. The summed E-state index contributed by atoms with van der Waals surface area (Å²) >= 11 is 0.902. The number of non-ortho nitro benzene ring substituents is 2. The summed E-state index contributed by atoms with van der Waals surface area (Å²) in [7, 11) is 0. The van der Waals surface area contributed by atoms with Crippen LogP contribution in [0.2, 0.25) is 0 Å². The summed E-state index contributed by atoms with van der Waals surface area (Å²) in [6.45, 7) is 0. The van der Waals surface area contributed by atoms with E-state index in [9.17, 15) is 30.3 Å². The van der Waals surface area contributed by atoms with Gasteiger partial charge >= 0.3 is 0 Å². The summed E-state index contributed by atoms with van der Waals surface area (Å²) in [6.07, 6.45) is 0. The van der Waals surface area contributed by atoms with E-state index in [2.05, 4.69) is 9.97 Å². The molecular formula is C13H7N5O6S. The van der Waals surface area contributed by atoms with E-state index in [4.69, 9.17) is 0 Å². The van der Waals surface area contributed by atoms with Gasteiger partial charge in [-0.1, -0.05) is 0 Å². The van der Waals surface area contributed by atoms with E-state index in [1.165, 1.54) is 24.3 Å². The molecule has 1 N–H and O–H groups in total. The van der Waals surface area contributed by atoms with Crippen LogP contribution in [0.15, 0.2) is 46.5 Å². The molecule has 2 aromatic carbocycles. The first kappa shape index (κ1) is 16.3. The summed E-state index contributed by atoms with van der Waals surface area (Å²) in [5, 5.41) is 33.0. The molecule has 0 aliphatic rings. The van der Waals surface area contributed by atoms with Crippen molar-refractivity contribution >= 4 is 39.9 Å². The van der Waals surface area contributed by atoms with Crippen LogP contribution in [-0.4, -0.2) is 24.7 Å². The molecule has 0 radical (unpaired) electrons. The number of imidazole rings is 1. The van der Waals surface area contributed by atoms with E-state index in [0.29, 0.717) is 11.0 Å². The van der Waals surface area contributed by atoms with Crippen LogP contribution in [0.4, 0.5) is 17.1 Å². The van der Waals surface area contributed by atoms with Gasteiger partial charge in [-0.2, -0.15) is 0 Å². The number of nitrogens with zero attached hydrogens (tertiary/aromatic N) is 4. The lowest BCUT2D eigenvalue weighted by molar-refractivity contribution is -0.396. The van der Waals surface area contributed by atoms with Crippen LogP contribution in [0.25, 0.3) is 11.0 Å². The first-order valence-electron chi connectivity index (χ1n) is 6.60. The maximum absolute atomic E-state index is 11.1. The van der Waals surface area contributed by atoms with E-state index in [0.717, 1.165) is 23.9 Å². The fourth-order valence-corrected chi connectivity index (χ4v) is 2.98. The Balaban J connectivity index is 1.99. The normalized spacial score (nSPS) is 10.7. The molecule has 0 aliphatic carbocycles. The minimum atomic E-state index is -0.720. The Morgan fingerprint density at radius 1 is 0.880 bits per heavy atom. The number of aromatic nitrogens is 2. The standard InChI is InChI=1S/C13H7N5O6S/c19-16(20)7-1-3-9-10(5-7)15-13(14-9)25-12-4-2-8(17(21)22)6-11(12)18(23)24/h1-6H,(H,14,15). The molecule has 3 aromatic rings. The molecule has 0 aliphatic heterocycles. The van der Waals surface area contributed by atoms with Crippen molar-refractivity contribution in [2.45, 2.75) is 10.1 Å². The Labute approximate surface area is 142 Å². The minimum Gasteiger partial charge on any atom is -0.332 e. The highest BCUT2D eigenvalue weighted by Crippen LogP contribution is 2.36. The van der Waals surface area contributed by atoms with Crippen LogP contribution >= 0.6 is 11.8 Å². The number of fused-ring (bicyclic) bond motifs is 1. The number of nitro groups is 3. The summed E-state index contributed by atoms with van der Waals surface area (Å²) < 4.78 is 0. The van der Waals surface area contributed by atoms with Crippen molar-refractivity contribution < 1.29 is 14.8 Å². The Kier molecular flexibility index (Phi) is 4.02. The molecule has 0 spiro atoms. The minimum absolute atomic E-state index is 0.117. The highest BCUT2D eigenvalue weighted by Gasteiger charge is 2.21. The van der Waals surface area contributed by atoms with Crippen LogP contribution in [0.3, 0.4) is 0 Å². The van der Waals surface area contributed by atoms with Gasteiger partial charge in [0.15, 0.2) is 5.16 Å². The van der Waals surface area contributed by atoms with Gasteiger partial charge in [-0.05, 0) is 23.9 Å². The summed E-state index contributed by atoms with van der Waals surface area (Å²) in [6, 6.07) is 7.34. The average Bonchev–Trinajstić information content (AvgIpc) is 2.95. The number of nitro benzene ring substituents is 3. The van der Waals surface area contributed by atoms with Gasteiger partial charge in [-0.3, -0.25) is 30.3 Å². The van der Waals surface area contributed by atoms with Crippen LogP contribution < -0.4 is 0 Å². The van der Waals surface area contributed by atoms with Gasteiger partial charge in [0.2, 0.25) is 0 Å². The highest BCUT2D eigenvalue weighted by atomic mass is 32.2. The predicted octanol–water partition coefficient (Wildman–Crippen LogP) is 3.44. The SMILES string of the molecule is O=[N+]([O-])c1ccc(Sc2nc3ccc([N+](=O)[O-])cc3[nH]2)c([N+](=O)[O-])c1. The summed E-state index contributed by atoms with van der Waals surface area (Å²) in [5.41, 5.74) is -0.0742. The molecule has 1 aromatic heterocycles. The Morgan fingerprint density at radius 2 is 1.52 bits per heavy atom. The molecule has 0 unspecified atom stereocenters. The smallest absolute Gasteiger partial charge is 0.290 e. The average molecular weight is 361 g/mol. The number of benzene rings is 2. The van der Waals surface area contributed by atoms with E-state index in [1.807, 2.05) is 0 Å². The van der Waals surface area contributed by atoms with Gasteiger partial charge in [-0.25, -0.2) is 4.98 Å². The Hall–Kier alpha value is -3.54. The number of nitrogens with one attached hydrogen (secondary N) is 1. The fourth-order valence-electron chi connectivity index (χ4n) is 2.09. The second-order valence-corrected chi connectivity index (χ2v) is 5.80. The van der Waals surface area contributed by atoms with E-state index < -0.39 is 26.1 Å². The fraction of sp³-hybridized carbons (Fsp3) is 0. The van der Waals surface area contributed by atoms with Gasteiger partial charge in [0.05, 0.1) is 36.8 Å². The monoisotopic (exact) mass is 361 g/mol. The number of hydrogen-bond donors (Lipinski definition) is 1. The van der Waals surface area contributed by atoms with Crippen molar-refractivity contribution in [1.29, 1.82) is 0 Å². The molecule has 0 saturated heterocycles. The zero-order valence-electron chi connectivity index (χ0n) is 12.1. The van der Waals surface area contributed by atoms with Gasteiger partial charge in [0.25, 0.3) is 17.1 Å². The third-order valence-electron chi connectivity index (χ3n) is 3.21. The molecule has 3 rings (SSSR count). The van der Waals surface area contributed by atoms with Crippen LogP contribution in [0.1, 0.15) is 0 Å². The lowest BCUT2D eigenvalue weighted by Crippen LogP contribution is -1.94. The third-order valence-corrected chi connectivity index (χ3v) is 4.16. The largest absolute Gasteiger partial charge is 0.332 e. The van der Waals surface area contributed by atoms with Crippen LogP contribution in [-0.2, 0) is 0 Å². The van der Waals surface area contributed by atoms with Crippen LogP contribution in [0, 0.1) is 30.3 Å². The second kappa shape index (κ2) is 6.16. The molecule has 0 atom stereocenters. The lowest BCUT2D eigenvalue weighted by Gasteiger charge is -2.00. The van der Waals surface area contributed by atoms with E-state index in [-0.39, 0.29) is 15.7 Å². The maximum Gasteiger partial charge on any atom is 0.290 e. The van der Waals surface area contributed by atoms with Gasteiger partial charge in [0.1, 0.15) is 0 Å². The number of hydrogen-bond acceptors (Lipinski definition) is 8. The quantitative estimate of drug-likeness (QED) is 0.534. The lowest BCUT2D eigenvalue weighted by atomic mass is 10.3. The van der Waals surface area contributed by atoms with E-state index >= 15 is 0 Å². The highest BCUT2D eigenvalue weighted by molar-refractivity contribution is 7.99. The molecule has 11 nitrogen and oxygen atoms in total. The zero-order chi connectivity index (χ0) is 18.1. The Morgan fingerprint density at radius 3 is 2.16 bits per heavy atom. The molecule has 12 heteroatoms.